The van der Waals surface area contributed by atoms with Crippen LogP contribution in [0.3, 0.4) is 0 Å². The van der Waals surface area contributed by atoms with Crippen LogP contribution in [0.5, 0.6) is 0 Å². The van der Waals surface area contributed by atoms with E-state index in [2.05, 4.69) is 15.2 Å². The molecule has 0 amide bonds. The molecule has 15 heavy (non-hydrogen) atoms. The van der Waals surface area contributed by atoms with Crippen molar-refractivity contribution in [3.63, 3.8) is 0 Å². The molecule has 5 heteroatoms. The predicted molar refractivity (Wildman–Crippen MR) is 56.6 cm³/mol. The Hall–Kier alpha value is -2.17. The lowest BCUT2D eigenvalue weighted by Crippen LogP contribution is -2.10. The first-order valence-electron chi connectivity index (χ1n) is 4.56. The number of aryl methyl sites for hydroxylation is 1. The molecule has 0 unspecified atom stereocenters. The van der Waals surface area contributed by atoms with E-state index in [4.69, 9.17) is 0 Å². The van der Waals surface area contributed by atoms with Crippen molar-refractivity contribution < 1.29 is 0 Å². The van der Waals surface area contributed by atoms with Crippen molar-refractivity contribution >= 4 is 21.9 Å². The summed E-state index contributed by atoms with van der Waals surface area (Å²) in [5.41, 5.74) is 1.22. The quantitative estimate of drug-likeness (QED) is 0.584. The van der Waals surface area contributed by atoms with Crippen molar-refractivity contribution in [2.24, 2.45) is 7.05 Å². The normalized spacial score (nSPS) is 11.3. The van der Waals surface area contributed by atoms with E-state index >= 15 is 0 Å². The fraction of sp³-hybridized carbons (Fsp3) is 0.100. The third-order valence-electron chi connectivity index (χ3n) is 2.56. The average Bonchev–Trinajstić information content (AvgIpc) is 2.55. The molecular formula is C10H8N4O. The van der Waals surface area contributed by atoms with Gasteiger partial charge < -0.3 is 4.57 Å². The molecule has 0 bridgehead atoms. The van der Waals surface area contributed by atoms with E-state index in [-0.39, 0.29) is 5.56 Å². The summed E-state index contributed by atoms with van der Waals surface area (Å²) >= 11 is 0. The second-order valence-corrected chi connectivity index (χ2v) is 3.39. The summed E-state index contributed by atoms with van der Waals surface area (Å²) in [5.74, 6) is 0. The lowest BCUT2D eigenvalue weighted by Gasteiger charge is -1.93. The van der Waals surface area contributed by atoms with Crippen LogP contribution in [0.4, 0.5) is 0 Å². The SMILES string of the molecule is Cn1c2ncccc2c2cn[nH]c(=O)c21. The van der Waals surface area contributed by atoms with Crippen LogP contribution in [0.25, 0.3) is 21.9 Å². The van der Waals surface area contributed by atoms with Crippen LogP contribution >= 0.6 is 0 Å². The van der Waals surface area contributed by atoms with Crippen LogP contribution in [-0.2, 0) is 7.05 Å². The highest BCUT2D eigenvalue weighted by Gasteiger charge is 2.10. The van der Waals surface area contributed by atoms with Crippen molar-refractivity contribution in [1.29, 1.82) is 0 Å². The molecule has 0 spiro atoms. The zero-order chi connectivity index (χ0) is 10.4. The number of aromatic amines is 1. The Bertz CT molecular complexity index is 710. The van der Waals surface area contributed by atoms with Crippen LogP contribution in [0, 0.1) is 0 Å². The number of pyridine rings is 1. The number of rotatable bonds is 0. The first kappa shape index (κ1) is 8.16. The van der Waals surface area contributed by atoms with Gasteiger partial charge in [0.25, 0.3) is 5.56 Å². The molecule has 0 aromatic carbocycles. The van der Waals surface area contributed by atoms with Gasteiger partial charge in [-0.25, -0.2) is 10.1 Å². The zero-order valence-corrected chi connectivity index (χ0v) is 8.06. The standard InChI is InChI=1S/C10H8N4O/c1-14-8-7(5-12-13-10(8)15)6-3-2-4-11-9(6)14/h2-5H,1H3,(H,13,15). The number of H-pyrrole nitrogens is 1. The second kappa shape index (κ2) is 2.66. The topological polar surface area (TPSA) is 63.6 Å². The van der Waals surface area contributed by atoms with Gasteiger partial charge in [-0.3, -0.25) is 4.79 Å². The molecule has 3 heterocycles. The Labute approximate surface area is 84.4 Å². The van der Waals surface area contributed by atoms with E-state index < -0.39 is 0 Å². The molecule has 0 saturated heterocycles. The maximum Gasteiger partial charge on any atom is 0.288 e. The first-order chi connectivity index (χ1) is 7.29. The molecule has 1 N–H and O–H groups in total. The van der Waals surface area contributed by atoms with E-state index in [0.717, 1.165) is 16.4 Å². The largest absolute Gasteiger partial charge is 0.324 e. The Balaban J connectivity index is 2.76. The number of nitrogens with zero attached hydrogens (tertiary/aromatic N) is 3. The van der Waals surface area contributed by atoms with Crippen molar-refractivity contribution in [3.05, 3.63) is 34.9 Å². The number of hydrogen-bond donors (Lipinski definition) is 1. The summed E-state index contributed by atoms with van der Waals surface area (Å²) in [6.07, 6.45) is 3.36. The minimum Gasteiger partial charge on any atom is -0.324 e. The molecule has 0 fully saturated rings. The van der Waals surface area contributed by atoms with E-state index in [1.807, 2.05) is 19.2 Å². The van der Waals surface area contributed by atoms with Gasteiger partial charge in [-0.15, -0.1) is 0 Å². The van der Waals surface area contributed by atoms with Gasteiger partial charge in [0.1, 0.15) is 11.2 Å². The summed E-state index contributed by atoms with van der Waals surface area (Å²) < 4.78 is 1.78. The van der Waals surface area contributed by atoms with Crippen LogP contribution in [0.15, 0.2) is 29.3 Å². The molecule has 0 aliphatic heterocycles. The smallest absolute Gasteiger partial charge is 0.288 e. The average molecular weight is 200 g/mol. The minimum atomic E-state index is -0.187. The third kappa shape index (κ3) is 0.942. The fourth-order valence-corrected chi connectivity index (χ4v) is 1.90. The van der Waals surface area contributed by atoms with Gasteiger partial charge in [0.2, 0.25) is 0 Å². The Morgan fingerprint density at radius 3 is 3.13 bits per heavy atom. The maximum absolute atomic E-state index is 11.6. The molecule has 0 aliphatic rings. The highest BCUT2D eigenvalue weighted by atomic mass is 16.1. The van der Waals surface area contributed by atoms with Crippen molar-refractivity contribution in [2.45, 2.75) is 0 Å². The monoisotopic (exact) mass is 200 g/mol. The van der Waals surface area contributed by atoms with E-state index in [0.29, 0.717) is 5.52 Å². The molecule has 5 nitrogen and oxygen atoms in total. The molecule has 0 atom stereocenters. The van der Waals surface area contributed by atoms with E-state index in [1.165, 1.54) is 0 Å². The highest BCUT2D eigenvalue weighted by Crippen LogP contribution is 2.22. The molecule has 3 aromatic heterocycles. The summed E-state index contributed by atoms with van der Waals surface area (Å²) in [4.78, 5) is 15.8. The van der Waals surface area contributed by atoms with Gasteiger partial charge in [0.05, 0.1) is 6.20 Å². The predicted octanol–water partition coefficient (Wildman–Crippen LogP) is 0.810. The summed E-state index contributed by atoms with van der Waals surface area (Å²) in [6, 6.07) is 3.79. The van der Waals surface area contributed by atoms with Crippen molar-refractivity contribution in [3.8, 4) is 0 Å². The molecule has 74 valence electrons. The van der Waals surface area contributed by atoms with Crippen LogP contribution < -0.4 is 5.56 Å². The molecule has 0 saturated carbocycles. The summed E-state index contributed by atoms with van der Waals surface area (Å²) in [6.45, 7) is 0. The van der Waals surface area contributed by atoms with E-state index in [9.17, 15) is 4.79 Å². The van der Waals surface area contributed by atoms with Gasteiger partial charge in [0, 0.05) is 24.0 Å². The van der Waals surface area contributed by atoms with Gasteiger partial charge in [-0.1, -0.05) is 0 Å². The zero-order valence-electron chi connectivity index (χ0n) is 8.06. The molecule has 3 aromatic rings. The molecule has 3 rings (SSSR count). The lowest BCUT2D eigenvalue weighted by molar-refractivity contribution is 0.947. The van der Waals surface area contributed by atoms with Crippen LogP contribution in [-0.4, -0.2) is 19.7 Å². The van der Waals surface area contributed by atoms with E-state index in [1.54, 1.807) is 17.0 Å². The number of fused-ring (bicyclic) bond motifs is 3. The Kier molecular flexibility index (Phi) is 1.45. The summed E-state index contributed by atoms with van der Waals surface area (Å²) in [5, 5.41) is 8.01. The number of hydrogen-bond acceptors (Lipinski definition) is 3. The van der Waals surface area contributed by atoms with Gasteiger partial charge in [-0.2, -0.15) is 5.10 Å². The van der Waals surface area contributed by atoms with Gasteiger partial charge in [0.15, 0.2) is 0 Å². The Morgan fingerprint density at radius 1 is 1.40 bits per heavy atom. The Morgan fingerprint density at radius 2 is 2.27 bits per heavy atom. The lowest BCUT2D eigenvalue weighted by atomic mass is 10.2. The number of aromatic nitrogens is 4. The van der Waals surface area contributed by atoms with Crippen LogP contribution in [0.1, 0.15) is 0 Å². The maximum atomic E-state index is 11.6. The molecule has 0 radical (unpaired) electrons. The summed E-state index contributed by atoms with van der Waals surface area (Å²) in [7, 11) is 1.83. The minimum absolute atomic E-state index is 0.187. The van der Waals surface area contributed by atoms with Crippen LogP contribution in [0.2, 0.25) is 0 Å². The fourth-order valence-electron chi connectivity index (χ4n) is 1.90. The van der Waals surface area contributed by atoms with Gasteiger partial charge >= 0.3 is 0 Å². The van der Waals surface area contributed by atoms with Crippen molar-refractivity contribution in [1.82, 2.24) is 19.7 Å². The van der Waals surface area contributed by atoms with Gasteiger partial charge in [-0.05, 0) is 12.1 Å². The number of nitrogens with one attached hydrogen (secondary N) is 1. The molecule has 0 aliphatic carbocycles. The van der Waals surface area contributed by atoms with Crippen molar-refractivity contribution in [2.75, 3.05) is 0 Å². The highest BCUT2D eigenvalue weighted by molar-refractivity contribution is 6.05. The second-order valence-electron chi connectivity index (χ2n) is 3.39. The molecular weight excluding hydrogens is 192 g/mol. The third-order valence-corrected chi connectivity index (χ3v) is 2.56. The first-order valence-corrected chi connectivity index (χ1v) is 4.56.